The Morgan fingerprint density at radius 3 is 2.55 bits per heavy atom. The van der Waals surface area contributed by atoms with Gasteiger partial charge in [-0.1, -0.05) is 6.07 Å². The standard InChI is InChI=1S/C23H25NO7/c1-11-12(2)21(30-19(11)25)28-10-17-16-8-13-6-7-14(24-22(27)31-23(3,4)5)9-15(13)18(16)29-20(17)26/h6-7,9-10,16,18,21H,8H2,1-5H3,(H,24,27)/b17-10+/t16-,18-,21-/m1/s1. The molecule has 1 aromatic rings. The molecule has 4 rings (SSSR count). The van der Waals surface area contributed by atoms with Gasteiger partial charge in [0.25, 0.3) is 6.29 Å². The van der Waals surface area contributed by atoms with Crippen molar-refractivity contribution in [2.75, 3.05) is 5.32 Å². The molecule has 1 fully saturated rings. The van der Waals surface area contributed by atoms with Crippen molar-refractivity contribution >= 4 is 23.7 Å². The number of hydrogen-bond acceptors (Lipinski definition) is 7. The fourth-order valence-corrected chi connectivity index (χ4v) is 3.87. The lowest BCUT2D eigenvalue weighted by Crippen LogP contribution is -2.27. The number of cyclic esters (lactones) is 1. The van der Waals surface area contributed by atoms with Crippen LogP contribution in [0.15, 0.2) is 41.2 Å². The van der Waals surface area contributed by atoms with Gasteiger partial charge in [0, 0.05) is 22.8 Å². The zero-order valence-corrected chi connectivity index (χ0v) is 18.1. The van der Waals surface area contributed by atoms with E-state index < -0.39 is 36.0 Å². The third-order valence-electron chi connectivity index (χ3n) is 5.56. The minimum absolute atomic E-state index is 0.207. The second-order valence-electron chi connectivity index (χ2n) is 8.93. The third-order valence-corrected chi connectivity index (χ3v) is 5.56. The highest BCUT2D eigenvalue weighted by molar-refractivity contribution is 5.93. The Morgan fingerprint density at radius 1 is 1.16 bits per heavy atom. The fraction of sp³-hybridized carbons (Fsp3) is 0.435. The molecule has 0 unspecified atom stereocenters. The van der Waals surface area contributed by atoms with Crippen molar-refractivity contribution in [1.82, 2.24) is 0 Å². The molecule has 0 saturated carbocycles. The highest BCUT2D eigenvalue weighted by Crippen LogP contribution is 2.48. The summed E-state index contributed by atoms with van der Waals surface area (Å²) in [5.74, 6) is -1.10. The largest absolute Gasteiger partial charge is 0.458 e. The molecule has 31 heavy (non-hydrogen) atoms. The first kappa shape index (κ1) is 21.0. The average Bonchev–Trinajstić information content (AvgIpc) is 3.24. The smallest absolute Gasteiger partial charge is 0.412 e. The SMILES string of the molecule is CC1=C(C)[C@H](O/C=C2/C(=O)O[C@@H]3c4cc(NC(=O)OC(C)(C)C)ccc4C[C@H]23)OC1=O. The normalized spacial score (nSPS) is 25.8. The maximum absolute atomic E-state index is 12.5. The molecule has 3 atom stereocenters. The van der Waals surface area contributed by atoms with Gasteiger partial charge in [-0.25, -0.2) is 14.4 Å². The first-order valence-electron chi connectivity index (χ1n) is 10.1. The van der Waals surface area contributed by atoms with Gasteiger partial charge in [0.05, 0.1) is 11.8 Å². The van der Waals surface area contributed by atoms with Crippen molar-refractivity contribution in [2.24, 2.45) is 5.92 Å². The molecule has 0 radical (unpaired) electrons. The molecule has 1 N–H and O–H groups in total. The highest BCUT2D eigenvalue weighted by atomic mass is 16.7. The molecule has 2 aliphatic heterocycles. The van der Waals surface area contributed by atoms with E-state index in [4.69, 9.17) is 18.9 Å². The van der Waals surface area contributed by atoms with E-state index in [1.807, 2.05) is 6.07 Å². The summed E-state index contributed by atoms with van der Waals surface area (Å²) in [4.78, 5) is 36.2. The van der Waals surface area contributed by atoms with Crippen LogP contribution in [0.5, 0.6) is 0 Å². The molecule has 1 aliphatic carbocycles. The monoisotopic (exact) mass is 427 g/mol. The summed E-state index contributed by atoms with van der Waals surface area (Å²) in [6.07, 6.45) is 0.108. The molecule has 1 saturated heterocycles. The second-order valence-corrected chi connectivity index (χ2v) is 8.93. The zero-order chi connectivity index (χ0) is 22.5. The van der Waals surface area contributed by atoms with Crippen LogP contribution in [0.25, 0.3) is 0 Å². The van der Waals surface area contributed by atoms with E-state index in [1.54, 1.807) is 46.8 Å². The van der Waals surface area contributed by atoms with Gasteiger partial charge in [0.15, 0.2) is 0 Å². The van der Waals surface area contributed by atoms with E-state index in [0.29, 0.717) is 28.8 Å². The molecule has 8 nitrogen and oxygen atoms in total. The van der Waals surface area contributed by atoms with Crippen molar-refractivity contribution in [3.63, 3.8) is 0 Å². The minimum atomic E-state index is -0.833. The summed E-state index contributed by atoms with van der Waals surface area (Å²) in [6, 6.07) is 5.50. The van der Waals surface area contributed by atoms with Crippen molar-refractivity contribution in [2.45, 2.75) is 59.0 Å². The van der Waals surface area contributed by atoms with E-state index in [0.717, 1.165) is 11.1 Å². The van der Waals surface area contributed by atoms with Gasteiger partial charge in [-0.05, 0) is 64.3 Å². The quantitative estimate of drug-likeness (QED) is 0.338. The van der Waals surface area contributed by atoms with Crippen LogP contribution in [0.4, 0.5) is 10.5 Å². The molecule has 2 heterocycles. The summed E-state index contributed by atoms with van der Waals surface area (Å²) in [5, 5.41) is 2.71. The number of esters is 2. The summed E-state index contributed by atoms with van der Waals surface area (Å²) in [6.45, 7) is 8.80. The average molecular weight is 427 g/mol. The fourth-order valence-electron chi connectivity index (χ4n) is 3.87. The van der Waals surface area contributed by atoms with Crippen molar-refractivity contribution in [1.29, 1.82) is 0 Å². The summed E-state index contributed by atoms with van der Waals surface area (Å²) in [7, 11) is 0. The molecular formula is C23H25NO7. The number of anilines is 1. The number of rotatable bonds is 3. The number of carbonyl (C=O) groups excluding carboxylic acids is 3. The number of hydrogen-bond donors (Lipinski definition) is 1. The van der Waals surface area contributed by atoms with Crippen LogP contribution in [0.3, 0.4) is 0 Å². The van der Waals surface area contributed by atoms with Gasteiger partial charge in [-0.15, -0.1) is 0 Å². The molecule has 0 bridgehead atoms. The van der Waals surface area contributed by atoms with Crippen molar-refractivity contribution < 1.29 is 33.3 Å². The summed E-state index contributed by atoms with van der Waals surface area (Å²) < 4.78 is 21.6. The Morgan fingerprint density at radius 2 is 1.90 bits per heavy atom. The lowest BCUT2D eigenvalue weighted by atomic mass is 9.98. The molecular weight excluding hydrogens is 402 g/mol. The molecule has 1 amide bonds. The Balaban J connectivity index is 1.49. The van der Waals surface area contributed by atoms with Crippen LogP contribution in [-0.2, 0) is 35.0 Å². The van der Waals surface area contributed by atoms with Crippen LogP contribution in [-0.4, -0.2) is 29.9 Å². The third kappa shape index (κ3) is 4.02. The van der Waals surface area contributed by atoms with Crippen LogP contribution in [0.1, 0.15) is 51.8 Å². The molecule has 8 heteroatoms. The van der Waals surface area contributed by atoms with Gasteiger partial charge in [0.2, 0.25) is 0 Å². The van der Waals surface area contributed by atoms with E-state index >= 15 is 0 Å². The van der Waals surface area contributed by atoms with Gasteiger partial charge < -0.3 is 18.9 Å². The van der Waals surface area contributed by atoms with Gasteiger partial charge in [-0.3, -0.25) is 5.32 Å². The van der Waals surface area contributed by atoms with Gasteiger partial charge in [0.1, 0.15) is 11.7 Å². The van der Waals surface area contributed by atoms with E-state index in [2.05, 4.69) is 5.32 Å². The Labute approximate surface area is 180 Å². The second kappa shape index (κ2) is 7.44. The number of nitrogens with one attached hydrogen (secondary N) is 1. The van der Waals surface area contributed by atoms with Crippen LogP contribution < -0.4 is 5.32 Å². The predicted molar refractivity (Wildman–Crippen MR) is 110 cm³/mol. The van der Waals surface area contributed by atoms with Gasteiger partial charge in [-0.2, -0.15) is 0 Å². The lowest BCUT2D eigenvalue weighted by molar-refractivity contribution is -0.153. The zero-order valence-electron chi connectivity index (χ0n) is 18.1. The maximum atomic E-state index is 12.5. The number of amides is 1. The van der Waals surface area contributed by atoms with Crippen LogP contribution >= 0.6 is 0 Å². The molecule has 0 aromatic heterocycles. The highest BCUT2D eigenvalue weighted by Gasteiger charge is 2.47. The number of carbonyl (C=O) groups is 3. The van der Waals surface area contributed by atoms with Crippen LogP contribution in [0.2, 0.25) is 0 Å². The van der Waals surface area contributed by atoms with E-state index in [-0.39, 0.29) is 5.92 Å². The first-order valence-corrected chi connectivity index (χ1v) is 10.1. The molecule has 164 valence electrons. The first-order chi connectivity index (χ1) is 14.5. The van der Waals surface area contributed by atoms with E-state index in [9.17, 15) is 14.4 Å². The number of fused-ring (bicyclic) bond motifs is 3. The molecule has 1 aromatic carbocycles. The Kier molecular flexibility index (Phi) is 5.03. The minimum Gasteiger partial charge on any atom is -0.458 e. The van der Waals surface area contributed by atoms with E-state index in [1.165, 1.54) is 6.26 Å². The van der Waals surface area contributed by atoms with Crippen LogP contribution in [0, 0.1) is 5.92 Å². The molecule has 3 aliphatic rings. The van der Waals surface area contributed by atoms with Crippen molar-refractivity contribution in [3.05, 3.63) is 52.3 Å². The summed E-state index contributed by atoms with van der Waals surface area (Å²) >= 11 is 0. The Bertz CT molecular complexity index is 1030. The van der Waals surface area contributed by atoms with Gasteiger partial charge >= 0.3 is 18.0 Å². The Hall–Kier alpha value is -3.29. The van der Waals surface area contributed by atoms with Crippen molar-refractivity contribution in [3.8, 4) is 0 Å². The molecule has 0 spiro atoms. The predicted octanol–water partition coefficient (Wildman–Crippen LogP) is 3.92. The maximum Gasteiger partial charge on any atom is 0.412 e. The number of benzene rings is 1. The number of ether oxygens (including phenoxy) is 4. The lowest BCUT2D eigenvalue weighted by Gasteiger charge is -2.20. The topological polar surface area (TPSA) is 100 Å². The summed E-state index contributed by atoms with van der Waals surface area (Å²) in [5.41, 5.74) is 3.42.